The predicted molar refractivity (Wildman–Crippen MR) is 163 cm³/mol. The molecule has 5 rings (SSSR count). The van der Waals surface area contributed by atoms with Crippen LogP contribution >= 0.6 is 0 Å². The number of primary amides is 1. The van der Waals surface area contributed by atoms with E-state index in [1.165, 1.54) is 49.3 Å². The van der Waals surface area contributed by atoms with Crippen molar-refractivity contribution >= 4 is 52.0 Å². The first-order valence-corrected chi connectivity index (χ1v) is 13.9. The van der Waals surface area contributed by atoms with Gasteiger partial charge in [0.2, 0.25) is 5.78 Å². The van der Waals surface area contributed by atoms with Gasteiger partial charge in [-0.3, -0.25) is 19.3 Å². The summed E-state index contributed by atoms with van der Waals surface area (Å²) in [5, 5.41) is 53.6. The molecule has 45 heavy (non-hydrogen) atoms. The highest BCUT2D eigenvalue weighted by molar-refractivity contribution is 6.24. The minimum atomic E-state index is -2.77. The second-order valence-corrected chi connectivity index (χ2v) is 11.7. The lowest BCUT2D eigenvalue weighted by Gasteiger charge is -2.50. The molecule has 0 saturated heterocycles. The van der Waals surface area contributed by atoms with Gasteiger partial charge in [-0.25, -0.2) is 4.79 Å². The summed E-state index contributed by atoms with van der Waals surface area (Å²) in [4.78, 5) is 66.2. The largest absolute Gasteiger partial charge is 0.508 e. The molecular formula is C30H32N6O9. The van der Waals surface area contributed by atoms with E-state index in [1.807, 2.05) is 0 Å². The summed E-state index contributed by atoms with van der Waals surface area (Å²) in [6.45, 7) is 0. The number of anilines is 3. The van der Waals surface area contributed by atoms with Crippen molar-refractivity contribution in [2.75, 3.05) is 43.7 Å². The number of amides is 3. The summed E-state index contributed by atoms with van der Waals surface area (Å²) in [6, 6.07) is 5.21. The lowest BCUT2D eigenvalue weighted by atomic mass is 9.57. The third kappa shape index (κ3) is 4.76. The van der Waals surface area contributed by atoms with Gasteiger partial charge in [0.1, 0.15) is 22.8 Å². The van der Waals surface area contributed by atoms with Gasteiger partial charge in [-0.2, -0.15) is 0 Å². The molecule has 0 radical (unpaired) electrons. The number of Topliss-reactive ketones (excluding diaryl/α,β-unsaturated/α-hetero) is 2. The number of benzene rings is 2. The summed E-state index contributed by atoms with van der Waals surface area (Å²) < 4.78 is 0. The number of nitrogens with zero attached hydrogens (tertiary/aromatic N) is 3. The first-order chi connectivity index (χ1) is 21.1. The number of carbonyl (C=O) groups excluding carboxylic acids is 4. The van der Waals surface area contributed by atoms with Crippen LogP contribution in [0.5, 0.6) is 5.75 Å². The number of nitrogens with two attached hydrogens (primary N) is 1. The van der Waals surface area contributed by atoms with Crippen LogP contribution in [0.1, 0.15) is 17.5 Å². The SMILES string of the molecule is CN(C)c1cc(NC(=O)Nc2ccc(N=O)cc2)c(O)c2c1C[C@H]1C[C@H]3[C@H](N(C)C)C(=O)C(C(N)=O)=C(O)[C@@]3(O)C(=O)C1=C2O. The Labute approximate surface area is 256 Å². The van der Waals surface area contributed by atoms with Crippen molar-refractivity contribution in [3.63, 3.8) is 0 Å². The fourth-order valence-electron chi connectivity index (χ4n) is 6.68. The first kappa shape index (κ1) is 31.2. The van der Waals surface area contributed by atoms with Gasteiger partial charge < -0.3 is 41.7 Å². The molecule has 0 bridgehead atoms. The van der Waals surface area contributed by atoms with Gasteiger partial charge in [0.15, 0.2) is 17.1 Å². The van der Waals surface area contributed by atoms with Crippen LogP contribution < -0.4 is 21.3 Å². The molecule has 15 heteroatoms. The highest BCUT2D eigenvalue weighted by atomic mass is 16.3. The number of ketones is 2. The van der Waals surface area contributed by atoms with E-state index in [-0.39, 0.29) is 35.4 Å². The normalized spacial score (nSPS) is 24.1. The molecule has 3 aliphatic carbocycles. The number of likely N-dealkylation sites (N-methyl/N-ethyl adjacent to an activating group) is 1. The smallest absolute Gasteiger partial charge is 0.323 e. The van der Waals surface area contributed by atoms with Crippen LogP contribution in [0.15, 0.2) is 52.4 Å². The molecule has 1 fully saturated rings. The molecular weight excluding hydrogens is 588 g/mol. The lowest BCUT2D eigenvalue weighted by molar-refractivity contribution is -0.153. The van der Waals surface area contributed by atoms with Crippen molar-refractivity contribution in [3.05, 3.63) is 63.3 Å². The molecule has 4 atom stereocenters. The molecule has 236 valence electrons. The minimum Gasteiger partial charge on any atom is -0.508 e. The third-order valence-corrected chi connectivity index (χ3v) is 8.66. The van der Waals surface area contributed by atoms with Crippen molar-refractivity contribution in [2.45, 2.75) is 24.5 Å². The van der Waals surface area contributed by atoms with Crippen molar-refractivity contribution in [1.29, 1.82) is 0 Å². The van der Waals surface area contributed by atoms with E-state index in [1.54, 1.807) is 19.0 Å². The fraction of sp³-hybridized carbons (Fsp3) is 0.333. The summed E-state index contributed by atoms with van der Waals surface area (Å²) in [5.41, 5.74) is 2.49. The molecule has 1 saturated carbocycles. The summed E-state index contributed by atoms with van der Waals surface area (Å²) in [7, 11) is 6.46. The fourth-order valence-corrected chi connectivity index (χ4v) is 6.68. The Morgan fingerprint density at radius 3 is 2.24 bits per heavy atom. The molecule has 3 amide bonds. The quantitative estimate of drug-likeness (QED) is 0.140. The van der Waals surface area contributed by atoms with Crippen LogP contribution in [0.3, 0.4) is 0 Å². The van der Waals surface area contributed by atoms with Crippen LogP contribution in [0, 0.1) is 16.7 Å². The average molecular weight is 621 g/mol. The molecule has 2 aromatic carbocycles. The third-order valence-electron chi connectivity index (χ3n) is 8.66. The van der Waals surface area contributed by atoms with Gasteiger partial charge in [-0.05, 0) is 73.9 Å². The predicted octanol–water partition coefficient (Wildman–Crippen LogP) is 2.07. The van der Waals surface area contributed by atoms with Gasteiger partial charge in [0.05, 0.1) is 17.3 Å². The number of hydrogen-bond acceptors (Lipinski definition) is 12. The monoisotopic (exact) mass is 620 g/mol. The number of rotatable bonds is 6. The molecule has 0 spiro atoms. The number of aromatic hydroxyl groups is 1. The van der Waals surface area contributed by atoms with Crippen molar-refractivity contribution in [3.8, 4) is 5.75 Å². The molecule has 15 nitrogen and oxygen atoms in total. The number of aliphatic hydroxyl groups is 3. The Bertz CT molecular complexity index is 1730. The molecule has 2 aromatic rings. The van der Waals surface area contributed by atoms with E-state index in [9.17, 15) is 44.5 Å². The minimum absolute atomic E-state index is 0.0553. The van der Waals surface area contributed by atoms with E-state index in [0.29, 0.717) is 16.9 Å². The van der Waals surface area contributed by atoms with Crippen molar-refractivity contribution < 1.29 is 39.6 Å². The lowest BCUT2D eigenvalue weighted by Crippen LogP contribution is -2.65. The summed E-state index contributed by atoms with van der Waals surface area (Å²) in [6.07, 6.45) is 0.0272. The Balaban J connectivity index is 1.61. The van der Waals surface area contributed by atoms with Gasteiger partial charge in [0, 0.05) is 37.0 Å². The Morgan fingerprint density at radius 2 is 1.69 bits per heavy atom. The first-order valence-electron chi connectivity index (χ1n) is 13.9. The number of carbonyl (C=O) groups is 4. The molecule has 0 aromatic heterocycles. The molecule has 0 heterocycles. The number of phenolic OH excluding ortho intramolecular Hbond substituents is 1. The van der Waals surface area contributed by atoms with Crippen LogP contribution in [0.4, 0.5) is 27.5 Å². The van der Waals surface area contributed by atoms with Crippen LogP contribution in [-0.2, 0) is 20.8 Å². The topological polar surface area (TPSA) is 235 Å². The number of urea groups is 1. The number of phenols is 1. The Kier molecular flexibility index (Phi) is 7.63. The second kappa shape index (κ2) is 11.0. The molecule has 0 aliphatic heterocycles. The zero-order valence-electron chi connectivity index (χ0n) is 24.8. The summed E-state index contributed by atoms with van der Waals surface area (Å²) >= 11 is 0. The van der Waals surface area contributed by atoms with Crippen LogP contribution in [-0.4, -0.2) is 88.7 Å². The number of aliphatic hydroxyl groups excluding tert-OH is 2. The van der Waals surface area contributed by atoms with Gasteiger partial charge in [0.25, 0.3) is 5.91 Å². The standard InChI is InChI=1S/C30H32N6O9/c1-35(2)18-11-17(33-29(43)32-13-5-7-14(34-45)8-6-13)23(37)20-15(18)9-12-10-16-22(36(3)4)25(39)21(28(31)42)27(41)30(16,44)26(40)19(12)24(20)38/h5-8,11-12,16,22,37-38,41,44H,9-10H2,1-4H3,(H2,31,42)(H2,32,33,43)/t12-,16-,22-,30-/m0/s1. The molecule has 3 aliphatic rings. The number of fused-ring (bicyclic) bond motifs is 3. The maximum absolute atomic E-state index is 14.1. The van der Waals surface area contributed by atoms with Crippen LogP contribution in [0.25, 0.3) is 5.76 Å². The van der Waals surface area contributed by atoms with E-state index in [4.69, 9.17) is 5.73 Å². The highest BCUT2D eigenvalue weighted by Crippen LogP contribution is 2.54. The zero-order chi connectivity index (χ0) is 33.1. The maximum Gasteiger partial charge on any atom is 0.323 e. The molecule has 0 unspecified atom stereocenters. The zero-order valence-corrected chi connectivity index (χ0v) is 24.8. The van der Waals surface area contributed by atoms with Gasteiger partial charge in [-0.15, -0.1) is 4.91 Å². The Morgan fingerprint density at radius 1 is 1.04 bits per heavy atom. The number of hydrogen-bond donors (Lipinski definition) is 7. The van der Waals surface area contributed by atoms with E-state index >= 15 is 0 Å². The van der Waals surface area contributed by atoms with Crippen LogP contribution in [0.2, 0.25) is 0 Å². The van der Waals surface area contributed by atoms with E-state index in [0.717, 1.165) is 0 Å². The van der Waals surface area contributed by atoms with Crippen molar-refractivity contribution in [1.82, 2.24) is 4.90 Å². The maximum atomic E-state index is 14.1. The second-order valence-electron chi connectivity index (χ2n) is 11.7. The van der Waals surface area contributed by atoms with Gasteiger partial charge in [-0.1, -0.05) is 0 Å². The highest BCUT2D eigenvalue weighted by Gasteiger charge is 2.64. The average Bonchev–Trinajstić information content (AvgIpc) is 2.96. The Hall–Kier alpha value is -5.28. The van der Waals surface area contributed by atoms with Gasteiger partial charge >= 0.3 is 6.03 Å². The molecule has 8 N–H and O–H groups in total. The number of nitrogens with one attached hydrogen (secondary N) is 2. The van der Waals surface area contributed by atoms with Crippen molar-refractivity contribution in [2.24, 2.45) is 22.7 Å². The van der Waals surface area contributed by atoms with E-state index in [2.05, 4.69) is 15.8 Å². The number of nitroso groups, excluding NO2 is 1. The van der Waals surface area contributed by atoms with E-state index < -0.39 is 69.8 Å². The summed E-state index contributed by atoms with van der Waals surface area (Å²) in [5.74, 6) is -7.69.